The van der Waals surface area contributed by atoms with Crippen molar-refractivity contribution in [2.24, 2.45) is 0 Å². The SMILES string of the molecule is COc1cccc(-c2cc(C(=O)NCc3cc(N(C)C)nc(-c4cccnc4)n3)no2)c1. The summed E-state index contributed by atoms with van der Waals surface area (Å²) in [6, 6.07) is 14.5. The zero-order valence-corrected chi connectivity index (χ0v) is 17.9. The second-order valence-electron chi connectivity index (χ2n) is 7.17. The third kappa shape index (κ3) is 4.72. The first-order valence-corrected chi connectivity index (χ1v) is 9.88. The number of carbonyl (C=O) groups is 1. The molecule has 0 unspecified atom stereocenters. The molecular formula is C23H22N6O3. The molecule has 162 valence electrons. The molecule has 0 saturated carbocycles. The van der Waals surface area contributed by atoms with Gasteiger partial charge in [0.1, 0.15) is 11.6 Å². The number of rotatable bonds is 7. The highest BCUT2D eigenvalue weighted by molar-refractivity contribution is 5.93. The number of benzene rings is 1. The summed E-state index contributed by atoms with van der Waals surface area (Å²) in [6.07, 6.45) is 3.39. The maximum Gasteiger partial charge on any atom is 0.273 e. The predicted octanol–water partition coefficient (Wildman–Crippen LogP) is 3.20. The van der Waals surface area contributed by atoms with Gasteiger partial charge in [-0.3, -0.25) is 9.78 Å². The standard InChI is InChI=1S/C23H22N6O3/c1-29(2)21-11-17(26-22(27-21)16-7-5-9-24-13-16)14-25-23(30)19-12-20(32-28-19)15-6-4-8-18(10-15)31-3/h4-13H,14H2,1-3H3,(H,25,30). The molecule has 1 amide bonds. The Morgan fingerprint density at radius 1 is 1.09 bits per heavy atom. The van der Waals surface area contributed by atoms with Crippen molar-refractivity contribution in [1.82, 2.24) is 25.4 Å². The largest absolute Gasteiger partial charge is 0.497 e. The van der Waals surface area contributed by atoms with E-state index in [-0.39, 0.29) is 18.1 Å². The van der Waals surface area contributed by atoms with Gasteiger partial charge in [0, 0.05) is 49.7 Å². The van der Waals surface area contributed by atoms with Gasteiger partial charge < -0.3 is 19.5 Å². The van der Waals surface area contributed by atoms with Crippen molar-refractivity contribution in [1.29, 1.82) is 0 Å². The maximum absolute atomic E-state index is 12.6. The number of nitrogens with one attached hydrogen (secondary N) is 1. The van der Waals surface area contributed by atoms with E-state index in [1.54, 1.807) is 25.6 Å². The van der Waals surface area contributed by atoms with Gasteiger partial charge >= 0.3 is 0 Å². The summed E-state index contributed by atoms with van der Waals surface area (Å²) < 4.78 is 10.6. The Morgan fingerprint density at radius 2 is 1.94 bits per heavy atom. The van der Waals surface area contributed by atoms with Crippen molar-refractivity contribution in [3.05, 3.63) is 72.3 Å². The zero-order valence-electron chi connectivity index (χ0n) is 17.9. The number of carbonyl (C=O) groups excluding carboxylic acids is 1. The first-order chi connectivity index (χ1) is 15.5. The average molecular weight is 430 g/mol. The number of anilines is 1. The molecule has 0 spiro atoms. The lowest BCUT2D eigenvalue weighted by molar-refractivity contribution is 0.0941. The summed E-state index contributed by atoms with van der Waals surface area (Å²) in [5, 5.41) is 6.73. The van der Waals surface area contributed by atoms with Crippen molar-refractivity contribution >= 4 is 11.7 Å². The predicted molar refractivity (Wildman–Crippen MR) is 119 cm³/mol. The van der Waals surface area contributed by atoms with Crippen molar-refractivity contribution < 1.29 is 14.1 Å². The van der Waals surface area contributed by atoms with Gasteiger partial charge in [0.25, 0.3) is 5.91 Å². The Morgan fingerprint density at radius 3 is 2.69 bits per heavy atom. The van der Waals surface area contributed by atoms with Crippen LogP contribution in [-0.2, 0) is 6.54 Å². The topological polar surface area (TPSA) is 106 Å². The lowest BCUT2D eigenvalue weighted by Crippen LogP contribution is -2.24. The molecule has 0 aliphatic heterocycles. The second kappa shape index (κ2) is 9.25. The van der Waals surface area contributed by atoms with E-state index in [2.05, 4.69) is 25.4 Å². The molecule has 0 bridgehead atoms. The number of nitrogens with zero attached hydrogens (tertiary/aromatic N) is 5. The van der Waals surface area contributed by atoms with Crippen LogP contribution in [0.3, 0.4) is 0 Å². The van der Waals surface area contributed by atoms with Crippen molar-refractivity contribution in [2.75, 3.05) is 26.1 Å². The monoisotopic (exact) mass is 430 g/mol. The number of hydrogen-bond donors (Lipinski definition) is 1. The maximum atomic E-state index is 12.6. The van der Waals surface area contributed by atoms with Crippen LogP contribution in [0, 0.1) is 0 Å². The van der Waals surface area contributed by atoms with Gasteiger partial charge in [0.2, 0.25) is 0 Å². The Labute approximate surface area is 185 Å². The summed E-state index contributed by atoms with van der Waals surface area (Å²) in [5.41, 5.74) is 2.40. The van der Waals surface area contributed by atoms with Gasteiger partial charge in [-0.2, -0.15) is 0 Å². The van der Waals surface area contributed by atoms with Gasteiger partial charge in [0.15, 0.2) is 17.3 Å². The smallest absolute Gasteiger partial charge is 0.273 e. The fourth-order valence-electron chi connectivity index (χ4n) is 2.98. The van der Waals surface area contributed by atoms with Crippen LogP contribution >= 0.6 is 0 Å². The van der Waals surface area contributed by atoms with E-state index in [0.717, 1.165) is 16.9 Å². The Kier molecular flexibility index (Phi) is 6.07. The molecule has 0 aliphatic rings. The quantitative estimate of drug-likeness (QED) is 0.476. The number of aromatic nitrogens is 4. The van der Waals surface area contributed by atoms with E-state index in [1.807, 2.05) is 61.5 Å². The van der Waals surface area contributed by atoms with Gasteiger partial charge in [-0.15, -0.1) is 0 Å². The summed E-state index contributed by atoms with van der Waals surface area (Å²) in [7, 11) is 5.38. The molecule has 4 aromatic rings. The van der Waals surface area contributed by atoms with Crippen LogP contribution in [0.15, 0.2) is 65.4 Å². The van der Waals surface area contributed by atoms with E-state index in [1.165, 1.54) is 0 Å². The van der Waals surface area contributed by atoms with E-state index in [0.29, 0.717) is 23.0 Å². The van der Waals surface area contributed by atoms with Crippen LogP contribution in [0.2, 0.25) is 0 Å². The van der Waals surface area contributed by atoms with Gasteiger partial charge in [-0.05, 0) is 24.3 Å². The summed E-state index contributed by atoms with van der Waals surface area (Å²) in [4.78, 5) is 27.8. The van der Waals surface area contributed by atoms with Crippen molar-refractivity contribution in [2.45, 2.75) is 6.54 Å². The molecule has 4 rings (SSSR count). The minimum absolute atomic E-state index is 0.178. The zero-order chi connectivity index (χ0) is 22.5. The second-order valence-corrected chi connectivity index (χ2v) is 7.17. The minimum Gasteiger partial charge on any atom is -0.497 e. The van der Waals surface area contributed by atoms with Crippen LogP contribution in [0.5, 0.6) is 5.75 Å². The molecule has 9 heteroatoms. The fraction of sp³-hybridized carbons (Fsp3) is 0.174. The molecule has 0 atom stereocenters. The molecule has 0 fully saturated rings. The van der Waals surface area contributed by atoms with E-state index in [9.17, 15) is 4.79 Å². The van der Waals surface area contributed by atoms with Crippen molar-refractivity contribution in [3.8, 4) is 28.5 Å². The van der Waals surface area contributed by atoms with Gasteiger partial charge in [-0.1, -0.05) is 17.3 Å². The first-order valence-electron chi connectivity index (χ1n) is 9.88. The molecule has 9 nitrogen and oxygen atoms in total. The molecule has 3 aromatic heterocycles. The third-order valence-corrected chi connectivity index (χ3v) is 4.67. The van der Waals surface area contributed by atoms with Crippen LogP contribution in [0.1, 0.15) is 16.2 Å². The normalized spacial score (nSPS) is 10.6. The average Bonchev–Trinajstić information content (AvgIpc) is 3.33. The van der Waals surface area contributed by atoms with Crippen LogP contribution in [0.4, 0.5) is 5.82 Å². The number of methoxy groups -OCH3 is 1. The molecule has 1 aromatic carbocycles. The summed E-state index contributed by atoms with van der Waals surface area (Å²) in [5.74, 6) is 2.07. The molecule has 32 heavy (non-hydrogen) atoms. The molecule has 0 saturated heterocycles. The van der Waals surface area contributed by atoms with E-state index < -0.39 is 0 Å². The lowest BCUT2D eigenvalue weighted by atomic mass is 10.1. The number of hydrogen-bond acceptors (Lipinski definition) is 8. The molecular weight excluding hydrogens is 408 g/mol. The molecule has 0 aliphatic carbocycles. The molecule has 3 heterocycles. The highest BCUT2D eigenvalue weighted by Crippen LogP contribution is 2.24. The van der Waals surface area contributed by atoms with E-state index >= 15 is 0 Å². The molecule has 0 radical (unpaired) electrons. The lowest BCUT2D eigenvalue weighted by Gasteiger charge is -2.14. The highest BCUT2D eigenvalue weighted by Gasteiger charge is 2.15. The Balaban J connectivity index is 1.50. The van der Waals surface area contributed by atoms with Crippen LogP contribution < -0.4 is 15.0 Å². The Bertz CT molecular complexity index is 1220. The highest BCUT2D eigenvalue weighted by atomic mass is 16.5. The number of amides is 1. The first kappa shape index (κ1) is 21.0. The van der Waals surface area contributed by atoms with E-state index in [4.69, 9.17) is 9.26 Å². The van der Waals surface area contributed by atoms with Crippen molar-refractivity contribution in [3.63, 3.8) is 0 Å². The Hall–Kier alpha value is -4.27. The number of pyridine rings is 1. The van der Waals surface area contributed by atoms with Crippen LogP contribution in [-0.4, -0.2) is 47.2 Å². The molecule has 1 N–H and O–H groups in total. The summed E-state index contributed by atoms with van der Waals surface area (Å²) >= 11 is 0. The number of ether oxygens (including phenoxy) is 1. The minimum atomic E-state index is -0.365. The van der Waals surface area contributed by atoms with Gasteiger partial charge in [0.05, 0.1) is 19.3 Å². The summed E-state index contributed by atoms with van der Waals surface area (Å²) in [6.45, 7) is 0.205. The third-order valence-electron chi connectivity index (χ3n) is 4.67. The van der Waals surface area contributed by atoms with Gasteiger partial charge in [-0.25, -0.2) is 9.97 Å². The van der Waals surface area contributed by atoms with Crippen LogP contribution in [0.25, 0.3) is 22.7 Å². The fourth-order valence-corrected chi connectivity index (χ4v) is 2.98.